The van der Waals surface area contributed by atoms with E-state index in [0.29, 0.717) is 24.4 Å². The number of para-hydroxylation sites is 1. The zero-order chi connectivity index (χ0) is 18.5. The number of hydrazine groups is 1. The number of hydrogen-bond donors (Lipinski definition) is 1. The lowest BCUT2D eigenvalue weighted by atomic mass is 10.2. The van der Waals surface area contributed by atoms with E-state index in [1.807, 2.05) is 89.9 Å². The van der Waals surface area contributed by atoms with E-state index in [9.17, 15) is 4.79 Å². The van der Waals surface area contributed by atoms with Gasteiger partial charge in [0.25, 0.3) is 0 Å². The third kappa shape index (κ3) is 4.25. The molecule has 1 aromatic heterocycles. The topological polar surface area (TPSA) is 45.5 Å². The molecular formula is C23H20N2O2. The molecule has 0 spiro atoms. The third-order valence-electron chi connectivity index (χ3n) is 4.34. The summed E-state index contributed by atoms with van der Waals surface area (Å²) in [6.45, 7) is 1.20. The van der Waals surface area contributed by atoms with Gasteiger partial charge in [0.1, 0.15) is 5.58 Å². The van der Waals surface area contributed by atoms with Gasteiger partial charge in [0.05, 0.1) is 0 Å². The fraction of sp³-hybridized carbons (Fsp3) is 0.0870. The summed E-state index contributed by atoms with van der Waals surface area (Å²) in [6.07, 6.45) is 0. The molecule has 0 unspecified atom stereocenters. The van der Waals surface area contributed by atoms with Gasteiger partial charge in [-0.25, -0.2) is 5.01 Å². The normalized spacial score (nSPS) is 11.0. The highest BCUT2D eigenvalue weighted by Gasteiger charge is 2.16. The number of carbonyl (C=O) groups excluding carboxylic acids is 1. The van der Waals surface area contributed by atoms with Gasteiger partial charge in [0.2, 0.25) is 0 Å². The molecule has 4 heteroatoms. The second kappa shape index (κ2) is 7.89. The second-order valence-corrected chi connectivity index (χ2v) is 6.42. The summed E-state index contributed by atoms with van der Waals surface area (Å²) in [4.78, 5) is 12.8. The number of benzene rings is 3. The molecule has 0 aliphatic heterocycles. The lowest BCUT2D eigenvalue weighted by Crippen LogP contribution is -2.41. The van der Waals surface area contributed by atoms with Gasteiger partial charge in [0, 0.05) is 18.5 Å². The van der Waals surface area contributed by atoms with E-state index < -0.39 is 0 Å². The first kappa shape index (κ1) is 17.1. The van der Waals surface area contributed by atoms with Gasteiger partial charge in [-0.05, 0) is 23.3 Å². The highest BCUT2D eigenvalue weighted by Crippen LogP contribution is 2.19. The SMILES string of the molecule is O=C(NN(Cc1ccccc1)Cc1ccccc1)c1cc2ccccc2o1. The van der Waals surface area contributed by atoms with E-state index in [-0.39, 0.29) is 5.91 Å². The first-order chi connectivity index (χ1) is 13.3. The molecule has 3 aromatic carbocycles. The van der Waals surface area contributed by atoms with Gasteiger partial charge < -0.3 is 4.42 Å². The predicted molar refractivity (Wildman–Crippen MR) is 106 cm³/mol. The molecule has 0 saturated carbocycles. The summed E-state index contributed by atoms with van der Waals surface area (Å²) >= 11 is 0. The van der Waals surface area contributed by atoms with Crippen LogP contribution in [0.25, 0.3) is 11.0 Å². The highest BCUT2D eigenvalue weighted by atomic mass is 16.3. The summed E-state index contributed by atoms with van der Waals surface area (Å²) in [7, 11) is 0. The molecule has 1 heterocycles. The van der Waals surface area contributed by atoms with Crippen LogP contribution in [0.15, 0.2) is 95.4 Å². The van der Waals surface area contributed by atoms with E-state index in [0.717, 1.165) is 16.5 Å². The van der Waals surface area contributed by atoms with Gasteiger partial charge in [-0.15, -0.1) is 0 Å². The Bertz CT molecular complexity index is 951. The summed E-state index contributed by atoms with van der Waals surface area (Å²) < 4.78 is 5.69. The van der Waals surface area contributed by atoms with Crippen LogP contribution in [-0.2, 0) is 13.1 Å². The van der Waals surface area contributed by atoms with Crippen molar-refractivity contribution >= 4 is 16.9 Å². The molecule has 27 heavy (non-hydrogen) atoms. The summed E-state index contributed by atoms with van der Waals surface area (Å²) in [6, 6.07) is 29.5. The zero-order valence-corrected chi connectivity index (χ0v) is 14.8. The van der Waals surface area contributed by atoms with Crippen LogP contribution in [0, 0.1) is 0 Å². The van der Waals surface area contributed by atoms with Gasteiger partial charge in [-0.1, -0.05) is 78.9 Å². The van der Waals surface area contributed by atoms with Crippen molar-refractivity contribution in [2.24, 2.45) is 0 Å². The number of furan rings is 1. The van der Waals surface area contributed by atoms with Crippen LogP contribution in [0.5, 0.6) is 0 Å². The Morgan fingerprint density at radius 1 is 0.778 bits per heavy atom. The number of fused-ring (bicyclic) bond motifs is 1. The van der Waals surface area contributed by atoms with Crippen LogP contribution < -0.4 is 5.43 Å². The lowest BCUT2D eigenvalue weighted by Gasteiger charge is -2.23. The van der Waals surface area contributed by atoms with Crippen molar-refractivity contribution in [2.45, 2.75) is 13.1 Å². The van der Waals surface area contributed by atoms with Gasteiger partial charge in [-0.3, -0.25) is 10.2 Å². The summed E-state index contributed by atoms with van der Waals surface area (Å²) in [5, 5.41) is 2.82. The van der Waals surface area contributed by atoms with Crippen LogP contribution >= 0.6 is 0 Å². The van der Waals surface area contributed by atoms with Crippen LogP contribution in [-0.4, -0.2) is 10.9 Å². The maximum atomic E-state index is 12.8. The van der Waals surface area contributed by atoms with E-state index in [1.54, 1.807) is 6.07 Å². The van der Waals surface area contributed by atoms with Crippen molar-refractivity contribution in [1.29, 1.82) is 0 Å². The molecule has 0 aliphatic carbocycles. The number of nitrogens with zero attached hydrogens (tertiary/aromatic N) is 1. The monoisotopic (exact) mass is 356 g/mol. The Kier molecular flexibility index (Phi) is 4.99. The van der Waals surface area contributed by atoms with E-state index in [2.05, 4.69) is 5.43 Å². The zero-order valence-electron chi connectivity index (χ0n) is 14.8. The standard InChI is InChI=1S/C23H20N2O2/c26-23(22-15-20-13-7-8-14-21(20)27-22)24-25(16-18-9-3-1-4-10-18)17-19-11-5-2-6-12-19/h1-15H,16-17H2,(H,24,26). The second-order valence-electron chi connectivity index (χ2n) is 6.42. The van der Waals surface area contributed by atoms with Gasteiger partial charge in [-0.2, -0.15) is 0 Å². The van der Waals surface area contributed by atoms with Gasteiger partial charge in [0.15, 0.2) is 5.76 Å². The average molecular weight is 356 g/mol. The lowest BCUT2D eigenvalue weighted by molar-refractivity contribution is 0.0732. The van der Waals surface area contributed by atoms with Crippen molar-refractivity contribution in [3.8, 4) is 0 Å². The molecule has 0 bridgehead atoms. The molecule has 0 fully saturated rings. The number of amides is 1. The minimum Gasteiger partial charge on any atom is -0.451 e. The van der Waals surface area contributed by atoms with Crippen LogP contribution in [0.2, 0.25) is 0 Å². The minimum atomic E-state index is -0.252. The van der Waals surface area contributed by atoms with E-state index >= 15 is 0 Å². The van der Waals surface area contributed by atoms with Crippen molar-refractivity contribution in [3.05, 3.63) is 108 Å². The molecule has 4 nitrogen and oxygen atoms in total. The van der Waals surface area contributed by atoms with Crippen molar-refractivity contribution < 1.29 is 9.21 Å². The van der Waals surface area contributed by atoms with Crippen molar-refractivity contribution in [1.82, 2.24) is 10.4 Å². The van der Waals surface area contributed by atoms with Crippen molar-refractivity contribution in [2.75, 3.05) is 0 Å². The molecule has 0 radical (unpaired) electrons. The van der Waals surface area contributed by atoms with E-state index in [1.165, 1.54) is 0 Å². The molecule has 1 N–H and O–H groups in total. The van der Waals surface area contributed by atoms with Crippen LogP contribution in [0.1, 0.15) is 21.7 Å². The number of nitrogens with one attached hydrogen (secondary N) is 1. The Labute approximate surface area is 158 Å². The quantitative estimate of drug-likeness (QED) is 0.506. The van der Waals surface area contributed by atoms with Crippen LogP contribution in [0.4, 0.5) is 0 Å². The molecule has 0 aliphatic rings. The summed E-state index contributed by atoms with van der Waals surface area (Å²) in [5.41, 5.74) is 5.95. The highest BCUT2D eigenvalue weighted by molar-refractivity contribution is 5.95. The number of hydrogen-bond acceptors (Lipinski definition) is 3. The third-order valence-corrected chi connectivity index (χ3v) is 4.34. The van der Waals surface area contributed by atoms with Gasteiger partial charge >= 0.3 is 5.91 Å². The largest absolute Gasteiger partial charge is 0.451 e. The Hall–Kier alpha value is -3.37. The van der Waals surface area contributed by atoms with Crippen molar-refractivity contribution in [3.63, 3.8) is 0 Å². The maximum Gasteiger partial charge on any atom is 0.301 e. The Morgan fingerprint density at radius 2 is 1.33 bits per heavy atom. The maximum absolute atomic E-state index is 12.8. The Balaban J connectivity index is 1.54. The first-order valence-corrected chi connectivity index (χ1v) is 8.90. The predicted octanol–water partition coefficient (Wildman–Crippen LogP) is 4.78. The molecule has 134 valence electrons. The smallest absolute Gasteiger partial charge is 0.301 e. The fourth-order valence-electron chi connectivity index (χ4n) is 3.04. The average Bonchev–Trinajstić information content (AvgIpc) is 3.14. The number of rotatable bonds is 6. The molecule has 4 rings (SSSR count). The first-order valence-electron chi connectivity index (χ1n) is 8.90. The number of carbonyl (C=O) groups is 1. The molecule has 0 saturated heterocycles. The minimum absolute atomic E-state index is 0.252. The molecule has 0 atom stereocenters. The fourth-order valence-corrected chi connectivity index (χ4v) is 3.04. The molecule has 1 amide bonds. The molecular weight excluding hydrogens is 336 g/mol. The Morgan fingerprint density at radius 3 is 1.93 bits per heavy atom. The van der Waals surface area contributed by atoms with E-state index in [4.69, 9.17) is 4.42 Å². The van der Waals surface area contributed by atoms with Crippen LogP contribution in [0.3, 0.4) is 0 Å². The molecule has 4 aromatic rings. The summed E-state index contributed by atoms with van der Waals surface area (Å²) in [5.74, 6) is 0.0559.